The third-order valence-corrected chi connectivity index (χ3v) is 5.69. The van der Waals surface area contributed by atoms with E-state index in [1.54, 1.807) is 6.07 Å². The number of carboxylic acids is 1. The maximum atomic E-state index is 11.3. The molecule has 2 aromatic rings. The van der Waals surface area contributed by atoms with Gasteiger partial charge in [-0.25, -0.2) is 4.79 Å². The monoisotopic (exact) mass is 402 g/mol. The van der Waals surface area contributed by atoms with Crippen molar-refractivity contribution in [3.63, 3.8) is 0 Å². The molecule has 1 fully saturated rings. The van der Waals surface area contributed by atoms with Crippen molar-refractivity contribution in [3.05, 3.63) is 63.6 Å². The van der Waals surface area contributed by atoms with Crippen molar-refractivity contribution in [3.8, 4) is 5.75 Å². The number of hydrogen-bond donors (Lipinski definition) is 1. The molecular formula is C20H19BrO4. The topological polar surface area (TPSA) is 55.8 Å². The number of carbonyl (C=O) groups is 1. The molecule has 0 heterocycles. The van der Waals surface area contributed by atoms with Crippen LogP contribution in [0.1, 0.15) is 29.5 Å². The van der Waals surface area contributed by atoms with E-state index >= 15 is 0 Å². The molecule has 25 heavy (non-hydrogen) atoms. The third kappa shape index (κ3) is 3.44. The molecule has 0 saturated heterocycles. The fourth-order valence-electron chi connectivity index (χ4n) is 3.27. The summed E-state index contributed by atoms with van der Waals surface area (Å²) in [4.78, 5) is 11.3. The summed E-state index contributed by atoms with van der Waals surface area (Å²) in [6, 6.07) is 14.0. The molecule has 0 unspecified atom stereocenters. The Bertz CT molecular complexity index is 788. The van der Waals surface area contributed by atoms with E-state index in [0.29, 0.717) is 25.2 Å². The molecule has 2 aromatic carbocycles. The van der Waals surface area contributed by atoms with Gasteiger partial charge in [-0.15, -0.1) is 0 Å². The quantitative estimate of drug-likeness (QED) is 0.788. The number of halogens is 1. The molecule has 0 spiro atoms. The maximum Gasteiger partial charge on any atom is 0.348 e. The number of ether oxygens (including phenoxy) is 2. The Morgan fingerprint density at radius 2 is 1.84 bits per heavy atom. The Balaban J connectivity index is 1.41. The maximum absolute atomic E-state index is 11.3. The van der Waals surface area contributed by atoms with E-state index in [9.17, 15) is 9.90 Å². The van der Waals surface area contributed by atoms with Gasteiger partial charge in [-0.3, -0.25) is 0 Å². The molecule has 4 rings (SSSR count). The highest BCUT2D eigenvalue weighted by molar-refractivity contribution is 9.10. The lowest BCUT2D eigenvalue weighted by atomic mass is 10.1. The van der Waals surface area contributed by atoms with Crippen LogP contribution in [0.4, 0.5) is 0 Å². The summed E-state index contributed by atoms with van der Waals surface area (Å²) in [5.41, 5.74) is 2.66. The van der Waals surface area contributed by atoms with Crippen LogP contribution in [0.2, 0.25) is 0 Å². The lowest BCUT2D eigenvalue weighted by Crippen LogP contribution is -2.29. The minimum atomic E-state index is -1.03. The average molecular weight is 403 g/mol. The largest absolute Gasteiger partial charge is 0.478 e. The second-order valence-corrected chi connectivity index (χ2v) is 7.62. The standard InChI is InChI=1S/C20H19BrO4/c21-18-6-5-16(25-20(7-8-20)19(22)23)11-15(18)12-24-17-9-13-3-1-2-4-14(13)10-17/h1-6,11,17H,7-10,12H2,(H,22,23). The predicted octanol–water partition coefficient (Wildman–Crippen LogP) is 4.13. The molecule has 5 heteroatoms. The van der Waals surface area contributed by atoms with E-state index in [2.05, 4.69) is 40.2 Å². The van der Waals surface area contributed by atoms with Crippen molar-refractivity contribution >= 4 is 21.9 Å². The molecule has 0 aromatic heterocycles. The molecule has 0 amide bonds. The Morgan fingerprint density at radius 1 is 1.16 bits per heavy atom. The van der Waals surface area contributed by atoms with Gasteiger partial charge < -0.3 is 14.6 Å². The van der Waals surface area contributed by atoms with Gasteiger partial charge in [0.25, 0.3) is 0 Å². The van der Waals surface area contributed by atoms with Gasteiger partial charge >= 0.3 is 5.97 Å². The summed E-state index contributed by atoms with van der Waals surface area (Å²) in [6.07, 6.45) is 3.18. The fourth-order valence-corrected chi connectivity index (χ4v) is 3.63. The molecule has 2 aliphatic carbocycles. The fraction of sp³-hybridized carbons (Fsp3) is 0.350. The number of hydrogen-bond acceptors (Lipinski definition) is 3. The van der Waals surface area contributed by atoms with Gasteiger partial charge in [-0.1, -0.05) is 40.2 Å². The van der Waals surface area contributed by atoms with Gasteiger partial charge in [0, 0.05) is 17.3 Å². The van der Waals surface area contributed by atoms with Crippen LogP contribution >= 0.6 is 15.9 Å². The number of fused-ring (bicyclic) bond motifs is 1. The highest BCUT2D eigenvalue weighted by Crippen LogP contribution is 2.41. The first-order chi connectivity index (χ1) is 12.1. The molecule has 1 saturated carbocycles. The van der Waals surface area contributed by atoms with E-state index in [1.165, 1.54) is 11.1 Å². The minimum absolute atomic E-state index is 0.183. The molecule has 0 atom stereocenters. The van der Waals surface area contributed by atoms with Crippen molar-refractivity contribution in [1.82, 2.24) is 0 Å². The molecular weight excluding hydrogens is 384 g/mol. The summed E-state index contributed by atoms with van der Waals surface area (Å²) in [6.45, 7) is 0.469. The molecule has 2 aliphatic rings. The number of carboxylic acid groups (broad SMARTS) is 1. The average Bonchev–Trinajstić information content (AvgIpc) is 3.26. The zero-order valence-corrected chi connectivity index (χ0v) is 15.3. The number of rotatable bonds is 6. The first-order valence-corrected chi connectivity index (χ1v) is 9.24. The molecule has 4 nitrogen and oxygen atoms in total. The lowest BCUT2D eigenvalue weighted by molar-refractivity contribution is -0.147. The SMILES string of the molecule is O=C(O)C1(Oc2ccc(Br)c(COC3Cc4ccccc4C3)c2)CC1. The summed E-state index contributed by atoms with van der Waals surface area (Å²) in [5, 5.41) is 9.26. The zero-order chi connectivity index (χ0) is 17.4. The summed E-state index contributed by atoms with van der Waals surface area (Å²) < 4.78 is 12.8. The normalized spacial score (nSPS) is 18.0. The van der Waals surface area contributed by atoms with E-state index in [1.807, 2.05) is 12.1 Å². The molecule has 0 bridgehead atoms. The van der Waals surface area contributed by atoms with E-state index < -0.39 is 11.6 Å². The Hall–Kier alpha value is -1.85. The van der Waals surface area contributed by atoms with Crippen molar-refractivity contribution in [2.45, 2.75) is 44.0 Å². The highest BCUT2D eigenvalue weighted by Gasteiger charge is 2.53. The van der Waals surface area contributed by atoms with E-state index in [-0.39, 0.29) is 6.10 Å². The van der Waals surface area contributed by atoms with Crippen LogP contribution in [0, 0.1) is 0 Å². The minimum Gasteiger partial charge on any atom is -0.478 e. The van der Waals surface area contributed by atoms with Crippen LogP contribution in [0.5, 0.6) is 5.75 Å². The van der Waals surface area contributed by atoms with Gasteiger partial charge in [-0.2, -0.15) is 0 Å². The number of benzene rings is 2. The van der Waals surface area contributed by atoms with E-state index in [0.717, 1.165) is 22.9 Å². The van der Waals surface area contributed by atoms with Crippen LogP contribution < -0.4 is 4.74 Å². The molecule has 0 aliphatic heterocycles. The zero-order valence-electron chi connectivity index (χ0n) is 13.7. The smallest absolute Gasteiger partial charge is 0.348 e. The summed E-state index contributed by atoms with van der Waals surface area (Å²) in [5.74, 6) is -0.312. The predicted molar refractivity (Wildman–Crippen MR) is 96.8 cm³/mol. The number of aliphatic carboxylic acids is 1. The van der Waals surface area contributed by atoms with Crippen LogP contribution in [0.25, 0.3) is 0 Å². The first-order valence-electron chi connectivity index (χ1n) is 8.45. The Morgan fingerprint density at radius 3 is 2.44 bits per heavy atom. The van der Waals surface area contributed by atoms with Crippen LogP contribution in [-0.4, -0.2) is 22.8 Å². The highest BCUT2D eigenvalue weighted by atomic mass is 79.9. The van der Waals surface area contributed by atoms with Crippen molar-refractivity contribution in [1.29, 1.82) is 0 Å². The van der Waals surface area contributed by atoms with Gasteiger partial charge in [0.2, 0.25) is 5.60 Å². The second-order valence-electron chi connectivity index (χ2n) is 6.76. The molecule has 0 radical (unpaired) electrons. The second kappa shape index (κ2) is 6.46. The first kappa shape index (κ1) is 16.6. The van der Waals surface area contributed by atoms with Crippen molar-refractivity contribution < 1.29 is 19.4 Å². The summed E-state index contributed by atoms with van der Waals surface area (Å²) in [7, 11) is 0. The van der Waals surface area contributed by atoms with Crippen molar-refractivity contribution in [2.24, 2.45) is 0 Å². The lowest BCUT2D eigenvalue weighted by Gasteiger charge is -2.16. The van der Waals surface area contributed by atoms with Gasteiger partial charge in [0.1, 0.15) is 5.75 Å². The molecule has 130 valence electrons. The van der Waals surface area contributed by atoms with Gasteiger partial charge in [-0.05, 0) is 47.7 Å². The van der Waals surface area contributed by atoms with Crippen LogP contribution in [0.15, 0.2) is 46.9 Å². The Kier molecular flexibility index (Phi) is 4.29. The van der Waals surface area contributed by atoms with Crippen LogP contribution in [-0.2, 0) is 29.0 Å². The van der Waals surface area contributed by atoms with Gasteiger partial charge in [0.15, 0.2) is 0 Å². The molecule has 1 N–H and O–H groups in total. The third-order valence-electron chi connectivity index (χ3n) is 4.91. The summed E-state index contributed by atoms with van der Waals surface area (Å²) >= 11 is 3.54. The van der Waals surface area contributed by atoms with Crippen LogP contribution in [0.3, 0.4) is 0 Å². The van der Waals surface area contributed by atoms with Gasteiger partial charge in [0.05, 0.1) is 12.7 Å². The van der Waals surface area contributed by atoms with E-state index in [4.69, 9.17) is 9.47 Å². The van der Waals surface area contributed by atoms with Crippen molar-refractivity contribution in [2.75, 3.05) is 0 Å². The Labute approximate surface area is 154 Å².